The Balaban J connectivity index is 0.000000124. The first-order valence-corrected chi connectivity index (χ1v) is 37.9. The van der Waals surface area contributed by atoms with E-state index in [4.69, 9.17) is 17.7 Å². The van der Waals surface area contributed by atoms with Crippen LogP contribution in [0.25, 0.3) is 144 Å². The molecule has 0 N–H and O–H groups in total. The van der Waals surface area contributed by atoms with Crippen LogP contribution in [0.15, 0.2) is 200 Å². The number of halogens is 7. The molecule has 0 aliphatic rings. The predicted molar refractivity (Wildman–Crippen MR) is 436 cm³/mol. The molecule has 8 aromatic heterocycles. The van der Waals surface area contributed by atoms with Crippen LogP contribution in [0.1, 0.15) is 140 Å². The van der Waals surface area contributed by atoms with Crippen molar-refractivity contribution in [2.75, 3.05) is 0 Å². The van der Waals surface area contributed by atoms with E-state index in [0.717, 1.165) is 101 Å². The first-order chi connectivity index (χ1) is 53.3. The standard InChI is InChI=1S/C28H25FNO.3C23H22F2NO/c1-17(2)20-14-15-30(4)24(16-20)25-18(3)10-11-21-22-12-13-23(29)26(28(22)31-27(21)25)19-8-6-5-7-9-19;1-12(2)15-6-7-26(5)19(10-15)21-14(4)9-18(25)22-16-8-13(3)17(24)11-20(16)27-23(21)22;1-12(2)15-6-7-26(5)18(10-15)20-14(4)9-17(25)22-21-13(3)8-16(24)11-19(21)27-23(20)22;1-12(2)15-6-7-26(5)18(9-15)20-13(3)8-14(4)21-22-17(25)10-16(24)11-19(22)27-23(20)21/h5-17H,1-4H3;3*6-12H,1-5H3/q4*+1. The predicted octanol–water partition coefficient (Wildman–Crippen LogP) is 25.6. The Bertz CT molecular complexity index is 6440. The molecule has 8 nitrogen and oxygen atoms in total. The van der Waals surface area contributed by atoms with Gasteiger partial charge in [-0.15, -0.1) is 0 Å². The summed E-state index contributed by atoms with van der Waals surface area (Å²) in [7, 11) is 7.95. The van der Waals surface area contributed by atoms with Crippen molar-refractivity contribution in [3.8, 4) is 56.2 Å². The Morgan fingerprint density at radius 3 is 1.14 bits per heavy atom. The van der Waals surface area contributed by atoms with Crippen molar-refractivity contribution in [3.63, 3.8) is 0 Å². The lowest BCUT2D eigenvalue weighted by Gasteiger charge is -2.10. The Morgan fingerprint density at radius 2 is 0.652 bits per heavy atom. The molecular formula is C97H91F7N4O4+4. The number of hydrogen-bond donors (Lipinski definition) is 0. The summed E-state index contributed by atoms with van der Waals surface area (Å²) in [5, 5.41) is 5.03. The highest BCUT2D eigenvalue weighted by Crippen LogP contribution is 2.46. The lowest BCUT2D eigenvalue weighted by molar-refractivity contribution is -0.660. The van der Waals surface area contributed by atoms with Gasteiger partial charge in [-0.2, -0.15) is 0 Å². The fourth-order valence-electron chi connectivity index (χ4n) is 15.7. The van der Waals surface area contributed by atoms with E-state index in [0.29, 0.717) is 106 Å². The molecule has 0 bridgehead atoms. The SMILES string of the molecule is Cc1cc(C)c2c(oc3cc(F)cc(F)c32)c1-c1cc(C(C)C)cc[n+]1C.Cc1cc(F)c2c(oc3cc(F)cc(C)c32)c1-c1cc(C(C)C)cc[n+]1C.Cc1cc2c(cc1F)oc1c(-c3cc(C(C)C)cc[n+]3C)c(C)cc(F)c12.Cc1ccc2c(oc3c(-c4ccccc4)c(F)ccc32)c1-c1cc(C(C)C)cc[n+]1C. The molecule has 0 saturated heterocycles. The second-order valence-electron chi connectivity index (χ2n) is 31.2. The number of nitrogens with zero attached hydrogens (tertiary/aromatic N) is 4. The lowest BCUT2D eigenvalue weighted by Crippen LogP contribution is -2.31. The van der Waals surface area contributed by atoms with Gasteiger partial charge in [0.25, 0.3) is 0 Å². The molecule has 0 spiro atoms. The van der Waals surface area contributed by atoms with Gasteiger partial charge >= 0.3 is 0 Å². The van der Waals surface area contributed by atoms with Crippen LogP contribution >= 0.6 is 0 Å². The quantitative estimate of drug-likeness (QED) is 0.107. The summed E-state index contributed by atoms with van der Waals surface area (Å²) in [5.74, 6) is -1.39. The zero-order valence-corrected chi connectivity index (χ0v) is 66.7. The fraction of sp³-hybridized carbons (Fsp3) is 0.237. The number of furan rings is 4. The molecule has 9 aromatic carbocycles. The molecule has 0 radical (unpaired) electrons. The third kappa shape index (κ3) is 13.9. The smallest absolute Gasteiger partial charge is 0.216 e. The molecule has 0 unspecified atom stereocenters. The van der Waals surface area contributed by atoms with Gasteiger partial charge in [0, 0.05) is 99.7 Å². The monoisotopic (exact) mass is 1510 g/mol. The van der Waals surface area contributed by atoms with Gasteiger partial charge in [-0.1, -0.05) is 104 Å². The highest BCUT2D eigenvalue weighted by atomic mass is 19.2. The minimum absolute atomic E-state index is 0.236. The average Bonchev–Trinajstić information content (AvgIpc) is 1.63. The van der Waals surface area contributed by atoms with Crippen LogP contribution in [0.4, 0.5) is 30.7 Å². The Morgan fingerprint density at radius 1 is 0.259 bits per heavy atom. The van der Waals surface area contributed by atoms with Crippen LogP contribution < -0.4 is 18.3 Å². The van der Waals surface area contributed by atoms with E-state index in [1.54, 1.807) is 26.0 Å². The maximum absolute atomic E-state index is 15.0. The third-order valence-corrected chi connectivity index (χ3v) is 21.9. The number of benzene rings is 9. The van der Waals surface area contributed by atoms with Gasteiger partial charge < -0.3 is 17.7 Å². The minimum Gasteiger partial charge on any atom is -0.455 e. The molecule has 0 atom stereocenters. The van der Waals surface area contributed by atoms with Gasteiger partial charge in [-0.25, -0.2) is 49.0 Å². The van der Waals surface area contributed by atoms with Crippen LogP contribution in [0, 0.1) is 89.2 Å². The van der Waals surface area contributed by atoms with Crippen molar-refractivity contribution in [3.05, 3.63) is 284 Å². The van der Waals surface area contributed by atoms with E-state index < -0.39 is 11.6 Å². The molecule has 17 aromatic rings. The molecule has 8 heterocycles. The number of rotatable bonds is 9. The molecular weight excluding hydrogens is 1420 g/mol. The fourth-order valence-corrected chi connectivity index (χ4v) is 15.7. The van der Waals surface area contributed by atoms with Crippen molar-refractivity contribution in [1.29, 1.82) is 0 Å². The van der Waals surface area contributed by atoms with E-state index >= 15 is 0 Å². The van der Waals surface area contributed by atoms with E-state index in [2.05, 4.69) is 141 Å². The molecule has 0 fully saturated rings. The van der Waals surface area contributed by atoms with Crippen LogP contribution in [0.3, 0.4) is 0 Å². The number of pyridine rings is 4. The van der Waals surface area contributed by atoms with Gasteiger partial charge in [-0.3, -0.25) is 0 Å². The number of aryl methyl sites for hydroxylation is 11. The first kappa shape index (κ1) is 77.0. The average molecular weight is 1510 g/mol. The summed E-state index contributed by atoms with van der Waals surface area (Å²) in [4.78, 5) is 0. The van der Waals surface area contributed by atoms with E-state index in [9.17, 15) is 30.7 Å². The van der Waals surface area contributed by atoms with E-state index in [1.807, 2.05) is 124 Å². The lowest BCUT2D eigenvalue weighted by atomic mass is 9.95. The summed E-state index contributed by atoms with van der Waals surface area (Å²) >= 11 is 0. The summed E-state index contributed by atoms with van der Waals surface area (Å²) < 4.78 is 134. The summed E-state index contributed by atoms with van der Waals surface area (Å²) in [5.41, 5.74) is 23.5. The Hall–Kier alpha value is -11.7. The topological polar surface area (TPSA) is 68.1 Å². The van der Waals surface area contributed by atoms with Crippen molar-refractivity contribution >= 4 is 87.8 Å². The van der Waals surface area contributed by atoms with Crippen molar-refractivity contribution in [1.82, 2.24) is 0 Å². The molecule has 568 valence electrons. The van der Waals surface area contributed by atoms with Gasteiger partial charge in [0.1, 0.15) is 102 Å². The largest absolute Gasteiger partial charge is 0.455 e. The second kappa shape index (κ2) is 30.2. The summed E-state index contributed by atoms with van der Waals surface area (Å²) in [6.45, 7) is 30.5. The van der Waals surface area contributed by atoms with Crippen LogP contribution in [-0.4, -0.2) is 0 Å². The molecule has 0 aliphatic heterocycles. The van der Waals surface area contributed by atoms with E-state index in [1.165, 1.54) is 58.7 Å². The van der Waals surface area contributed by atoms with Crippen molar-refractivity contribution < 1.29 is 66.7 Å². The molecule has 0 amide bonds. The maximum atomic E-state index is 15.0. The highest BCUT2D eigenvalue weighted by Gasteiger charge is 2.31. The Labute approximate surface area is 647 Å². The second-order valence-corrected chi connectivity index (χ2v) is 31.2. The Kier molecular flexibility index (Phi) is 20.8. The molecule has 0 saturated carbocycles. The zero-order valence-electron chi connectivity index (χ0n) is 66.7. The van der Waals surface area contributed by atoms with Gasteiger partial charge in [0.15, 0.2) is 36.0 Å². The number of aromatic nitrogens is 4. The molecule has 17 rings (SSSR count). The van der Waals surface area contributed by atoms with Crippen molar-refractivity contribution in [2.45, 2.75) is 128 Å². The summed E-state index contributed by atoms with van der Waals surface area (Å²) in [6, 6.07) is 47.2. The van der Waals surface area contributed by atoms with Gasteiger partial charge in [-0.05, 0) is 175 Å². The first-order valence-electron chi connectivity index (χ1n) is 37.9. The van der Waals surface area contributed by atoms with Crippen LogP contribution in [-0.2, 0) is 28.2 Å². The highest BCUT2D eigenvalue weighted by molar-refractivity contribution is 6.15. The number of hydrogen-bond acceptors (Lipinski definition) is 4. The molecule has 112 heavy (non-hydrogen) atoms. The van der Waals surface area contributed by atoms with Crippen molar-refractivity contribution in [2.24, 2.45) is 28.2 Å². The maximum Gasteiger partial charge on any atom is 0.216 e. The number of fused-ring (bicyclic) bond motifs is 12. The molecule has 0 aliphatic carbocycles. The van der Waals surface area contributed by atoms with Crippen LogP contribution in [0.5, 0.6) is 0 Å². The van der Waals surface area contributed by atoms with Gasteiger partial charge in [0.2, 0.25) is 22.8 Å². The molecule has 15 heteroatoms. The summed E-state index contributed by atoms with van der Waals surface area (Å²) in [6.07, 6.45) is 8.14. The zero-order chi connectivity index (χ0) is 80.1. The minimum atomic E-state index is -0.637. The van der Waals surface area contributed by atoms with Crippen LogP contribution in [0.2, 0.25) is 0 Å². The van der Waals surface area contributed by atoms with Gasteiger partial charge in [0.05, 0.1) is 44.0 Å². The third-order valence-electron chi connectivity index (χ3n) is 21.9. The van der Waals surface area contributed by atoms with E-state index in [-0.39, 0.29) is 34.7 Å². The normalized spacial score (nSPS) is 11.8.